The average Bonchev–Trinajstić information content (AvgIpc) is 2.97. The molecule has 120 valence electrons. The van der Waals surface area contributed by atoms with Crippen molar-refractivity contribution in [2.75, 3.05) is 0 Å². The Bertz CT molecular complexity index is 743. The third-order valence-electron chi connectivity index (χ3n) is 4.56. The van der Waals surface area contributed by atoms with Crippen molar-refractivity contribution in [2.45, 2.75) is 45.8 Å². The maximum absolute atomic E-state index is 3.69. The lowest BCUT2D eigenvalue weighted by Crippen LogP contribution is -2.25. The Kier molecular flexibility index (Phi) is 5.14. The quantitative estimate of drug-likeness (QED) is 0.665. The van der Waals surface area contributed by atoms with Gasteiger partial charge in [-0.05, 0) is 43.9 Å². The van der Waals surface area contributed by atoms with E-state index in [1.54, 1.807) is 0 Å². The summed E-state index contributed by atoms with van der Waals surface area (Å²) < 4.78 is 2.33. The van der Waals surface area contributed by atoms with Gasteiger partial charge in [-0.25, -0.2) is 0 Å². The lowest BCUT2D eigenvalue weighted by molar-refractivity contribution is 0.514. The average molecular weight is 306 g/mol. The summed E-state index contributed by atoms with van der Waals surface area (Å²) in [4.78, 5) is 0. The minimum atomic E-state index is 0.513. The van der Waals surface area contributed by atoms with Gasteiger partial charge in [0.25, 0.3) is 0 Å². The van der Waals surface area contributed by atoms with E-state index in [0.29, 0.717) is 6.04 Å². The third kappa shape index (κ3) is 3.83. The summed E-state index contributed by atoms with van der Waals surface area (Å²) in [6.07, 6.45) is 4.59. The van der Waals surface area contributed by atoms with Crippen molar-refractivity contribution >= 4 is 10.9 Å². The molecule has 1 atom stereocenters. The zero-order chi connectivity index (χ0) is 16.1. The molecule has 0 unspecified atom stereocenters. The Morgan fingerprint density at radius 2 is 1.74 bits per heavy atom. The second-order valence-corrected chi connectivity index (χ2v) is 6.26. The van der Waals surface area contributed by atoms with Crippen molar-refractivity contribution in [3.63, 3.8) is 0 Å². The Hall–Kier alpha value is -2.06. The number of benzene rings is 2. The van der Waals surface area contributed by atoms with Crippen molar-refractivity contribution in [1.82, 2.24) is 9.88 Å². The second kappa shape index (κ2) is 7.47. The molecule has 0 saturated carbocycles. The van der Waals surface area contributed by atoms with E-state index in [0.717, 1.165) is 25.9 Å². The van der Waals surface area contributed by atoms with Crippen LogP contribution in [0.4, 0.5) is 0 Å². The molecule has 23 heavy (non-hydrogen) atoms. The standard InChI is InChI=1S/C21H26N2/c1-3-23-16-19(20-11-7-8-12-21(20)23)15-22-17(2)13-14-18-9-5-4-6-10-18/h4-12,16-17,22H,3,13-15H2,1-2H3/t17-/m1/s1. The van der Waals surface area contributed by atoms with Crippen molar-refractivity contribution in [1.29, 1.82) is 0 Å². The van der Waals surface area contributed by atoms with E-state index in [1.165, 1.54) is 22.0 Å². The van der Waals surface area contributed by atoms with Gasteiger partial charge >= 0.3 is 0 Å². The SMILES string of the molecule is CCn1cc(CN[C@H](C)CCc2ccccc2)c2ccccc21. The smallest absolute Gasteiger partial charge is 0.0483 e. The first-order valence-electron chi connectivity index (χ1n) is 8.62. The molecular formula is C21H26N2. The maximum Gasteiger partial charge on any atom is 0.0483 e. The lowest BCUT2D eigenvalue weighted by atomic mass is 10.1. The van der Waals surface area contributed by atoms with Crippen LogP contribution in [0.25, 0.3) is 10.9 Å². The zero-order valence-electron chi connectivity index (χ0n) is 14.1. The van der Waals surface area contributed by atoms with Gasteiger partial charge in [0.15, 0.2) is 0 Å². The summed E-state index contributed by atoms with van der Waals surface area (Å²) in [6.45, 7) is 6.43. The molecule has 2 aromatic carbocycles. The van der Waals surface area contributed by atoms with Gasteiger partial charge in [0, 0.05) is 36.2 Å². The molecule has 1 heterocycles. The highest BCUT2D eigenvalue weighted by atomic mass is 15.0. The summed E-state index contributed by atoms with van der Waals surface area (Å²) in [5.74, 6) is 0. The molecule has 0 spiro atoms. The van der Waals surface area contributed by atoms with Crippen LogP contribution in [0.3, 0.4) is 0 Å². The van der Waals surface area contributed by atoms with Crippen LogP contribution in [0.5, 0.6) is 0 Å². The van der Waals surface area contributed by atoms with Gasteiger partial charge in [0.1, 0.15) is 0 Å². The first-order chi connectivity index (χ1) is 11.3. The predicted molar refractivity (Wildman–Crippen MR) is 98.7 cm³/mol. The summed E-state index contributed by atoms with van der Waals surface area (Å²) in [5.41, 5.74) is 4.15. The summed E-state index contributed by atoms with van der Waals surface area (Å²) in [6, 6.07) is 19.9. The molecule has 0 radical (unpaired) electrons. The molecule has 1 N–H and O–H groups in total. The summed E-state index contributed by atoms with van der Waals surface area (Å²) in [7, 11) is 0. The lowest BCUT2D eigenvalue weighted by Gasteiger charge is -2.13. The number of nitrogens with zero attached hydrogens (tertiary/aromatic N) is 1. The monoisotopic (exact) mass is 306 g/mol. The van der Waals surface area contributed by atoms with E-state index in [9.17, 15) is 0 Å². The topological polar surface area (TPSA) is 17.0 Å². The number of aryl methyl sites for hydroxylation is 2. The number of hydrogen-bond acceptors (Lipinski definition) is 1. The minimum absolute atomic E-state index is 0.513. The Labute approximate surface area is 139 Å². The normalized spacial score (nSPS) is 12.6. The Morgan fingerprint density at radius 3 is 2.52 bits per heavy atom. The Balaban J connectivity index is 1.60. The van der Waals surface area contributed by atoms with E-state index < -0.39 is 0 Å². The van der Waals surface area contributed by atoms with Gasteiger partial charge in [-0.2, -0.15) is 0 Å². The molecule has 0 bridgehead atoms. The fourth-order valence-corrected chi connectivity index (χ4v) is 3.14. The number of hydrogen-bond donors (Lipinski definition) is 1. The van der Waals surface area contributed by atoms with Gasteiger partial charge < -0.3 is 9.88 Å². The van der Waals surface area contributed by atoms with Gasteiger partial charge in [0.2, 0.25) is 0 Å². The highest BCUT2D eigenvalue weighted by Crippen LogP contribution is 2.21. The third-order valence-corrected chi connectivity index (χ3v) is 4.56. The summed E-state index contributed by atoms with van der Waals surface area (Å²) in [5, 5.41) is 5.06. The van der Waals surface area contributed by atoms with Gasteiger partial charge in [-0.1, -0.05) is 48.5 Å². The van der Waals surface area contributed by atoms with Crippen LogP contribution in [0.1, 0.15) is 31.4 Å². The van der Waals surface area contributed by atoms with Crippen molar-refractivity contribution in [3.8, 4) is 0 Å². The highest BCUT2D eigenvalue weighted by Gasteiger charge is 2.08. The molecule has 0 aliphatic heterocycles. The molecule has 0 saturated heterocycles. The summed E-state index contributed by atoms with van der Waals surface area (Å²) >= 11 is 0. The van der Waals surface area contributed by atoms with E-state index in [4.69, 9.17) is 0 Å². The predicted octanol–water partition coefficient (Wildman–Crippen LogP) is 4.77. The molecule has 1 aromatic heterocycles. The first kappa shape index (κ1) is 15.8. The number of rotatable bonds is 7. The number of para-hydroxylation sites is 1. The number of fused-ring (bicyclic) bond motifs is 1. The minimum Gasteiger partial charge on any atom is -0.347 e. The molecule has 3 rings (SSSR count). The number of aromatic nitrogens is 1. The van der Waals surface area contributed by atoms with Crippen LogP contribution in [-0.2, 0) is 19.5 Å². The Morgan fingerprint density at radius 1 is 1.00 bits per heavy atom. The molecule has 2 heteroatoms. The molecule has 2 nitrogen and oxygen atoms in total. The highest BCUT2D eigenvalue weighted by molar-refractivity contribution is 5.83. The van der Waals surface area contributed by atoms with Crippen LogP contribution in [0, 0.1) is 0 Å². The van der Waals surface area contributed by atoms with E-state index in [1.807, 2.05) is 0 Å². The number of nitrogens with one attached hydrogen (secondary N) is 1. The largest absolute Gasteiger partial charge is 0.347 e. The van der Waals surface area contributed by atoms with Gasteiger partial charge in [-0.15, -0.1) is 0 Å². The molecule has 3 aromatic rings. The van der Waals surface area contributed by atoms with E-state index >= 15 is 0 Å². The zero-order valence-corrected chi connectivity index (χ0v) is 14.1. The first-order valence-corrected chi connectivity index (χ1v) is 8.62. The molecule has 0 aliphatic rings. The van der Waals surface area contributed by atoms with Crippen LogP contribution < -0.4 is 5.32 Å². The molecule has 0 amide bonds. The fraction of sp³-hybridized carbons (Fsp3) is 0.333. The van der Waals surface area contributed by atoms with Crippen molar-refractivity contribution in [3.05, 3.63) is 71.9 Å². The van der Waals surface area contributed by atoms with Crippen molar-refractivity contribution < 1.29 is 0 Å². The van der Waals surface area contributed by atoms with Crippen LogP contribution in [0.2, 0.25) is 0 Å². The van der Waals surface area contributed by atoms with Gasteiger partial charge in [-0.3, -0.25) is 0 Å². The maximum atomic E-state index is 3.69. The van der Waals surface area contributed by atoms with Crippen LogP contribution >= 0.6 is 0 Å². The molecule has 0 aliphatic carbocycles. The molecule has 0 fully saturated rings. The van der Waals surface area contributed by atoms with E-state index in [-0.39, 0.29) is 0 Å². The van der Waals surface area contributed by atoms with Crippen molar-refractivity contribution in [2.24, 2.45) is 0 Å². The van der Waals surface area contributed by atoms with Crippen LogP contribution in [0.15, 0.2) is 60.8 Å². The second-order valence-electron chi connectivity index (χ2n) is 6.26. The molecular weight excluding hydrogens is 280 g/mol. The fourth-order valence-electron chi connectivity index (χ4n) is 3.14. The van der Waals surface area contributed by atoms with Gasteiger partial charge in [0.05, 0.1) is 0 Å². The van der Waals surface area contributed by atoms with E-state index in [2.05, 4.69) is 84.5 Å². The van der Waals surface area contributed by atoms with Crippen LogP contribution in [-0.4, -0.2) is 10.6 Å².